The Labute approximate surface area is 157 Å². The molecule has 0 bridgehead atoms. The maximum Gasteiger partial charge on any atom is 0.265 e. The molecule has 1 amide bonds. The van der Waals surface area contributed by atoms with Crippen molar-refractivity contribution in [3.8, 4) is 0 Å². The SMILES string of the molecule is O=C(Nc1ccc(S(=O)(=O)Nc2ccc(Br)cc2)cc1)c1cccs1. The Morgan fingerprint density at radius 2 is 1.56 bits per heavy atom. The van der Waals surface area contributed by atoms with Crippen LogP contribution in [-0.4, -0.2) is 14.3 Å². The summed E-state index contributed by atoms with van der Waals surface area (Å²) in [5.41, 5.74) is 0.999. The van der Waals surface area contributed by atoms with Gasteiger partial charge in [-0.15, -0.1) is 11.3 Å². The molecule has 2 aromatic carbocycles. The standard InChI is InChI=1S/C17H13BrN2O3S2/c18-12-3-5-14(6-4-12)20-25(22,23)15-9-7-13(8-10-15)19-17(21)16-2-1-11-24-16/h1-11,20H,(H,19,21). The topological polar surface area (TPSA) is 75.3 Å². The van der Waals surface area contributed by atoms with Crippen LogP contribution in [0.2, 0.25) is 0 Å². The molecular weight excluding hydrogens is 424 g/mol. The first-order valence-corrected chi connectivity index (χ1v) is 10.3. The van der Waals surface area contributed by atoms with Crippen LogP contribution in [0.4, 0.5) is 11.4 Å². The second kappa shape index (κ2) is 7.38. The van der Waals surface area contributed by atoms with E-state index in [9.17, 15) is 13.2 Å². The lowest BCUT2D eigenvalue weighted by molar-refractivity contribution is 0.103. The Bertz CT molecular complexity index is 968. The number of hydrogen-bond donors (Lipinski definition) is 2. The van der Waals surface area contributed by atoms with Crippen LogP contribution in [-0.2, 0) is 10.0 Å². The second-order valence-electron chi connectivity index (χ2n) is 5.07. The van der Waals surface area contributed by atoms with Gasteiger partial charge in [-0.3, -0.25) is 9.52 Å². The molecule has 0 radical (unpaired) electrons. The average molecular weight is 437 g/mol. The van der Waals surface area contributed by atoms with Gasteiger partial charge in [0.1, 0.15) is 0 Å². The molecule has 3 rings (SSSR count). The average Bonchev–Trinajstić information content (AvgIpc) is 3.12. The molecule has 0 aliphatic heterocycles. The van der Waals surface area contributed by atoms with E-state index in [1.807, 2.05) is 5.38 Å². The summed E-state index contributed by atoms with van der Waals surface area (Å²) < 4.78 is 28.2. The smallest absolute Gasteiger partial charge is 0.265 e. The van der Waals surface area contributed by atoms with E-state index in [1.165, 1.54) is 23.5 Å². The van der Waals surface area contributed by atoms with Crippen molar-refractivity contribution in [2.75, 3.05) is 10.0 Å². The summed E-state index contributed by atoms with van der Waals surface area (Å²) in [5, 5.41) is 4.55. The van der Waals surface area contributed by atoms with Gasteiger partial charge in [0.15, 0.2) is 0 Å². The molecule has 0 fully saturated rings. The molecule has 8 heteroatoms. The molecule has 0 atom stereocenters. The molecular formula is C17H13BrN2O3S2. The van der Waals surface area contributed by atoms with Gasteiger partial charge in [0.05, 0.1) is 9.77 Å². The molecule has 0 unspecified atom stereocenters. The summed E-state index contributed by atoms with van der Waals surface area (Å²) in [7, 11) is -3.69. The van der Waals surface area contributed by atoms with Crippen LogP contribution in [0.15, 0.2) is 75.4 Å². The van der Waals surface area contributed by atoms with E-state index in [0.29, 0.717) is 16.3 Å². The third kappa shape index (κ3) is 4.47. The molecule has 5 nitrogen and oxygen atoms in total. The van der Waals surface area contributed by atoms with E-state index < -0.39 is 10.0 Å². The monoisotopic (exact) mass is 436 g/mol. The Kier molecular flexibility index (Phi) is 5.22. The van der Waals surface area contributed by atoms with Crippen LogP contribution in [0.25, 0.3) is 0 Å². The zero-order valence-electron chi connectivity index (χ0n) is 12.8. The first-order chi connectivity index (χ1) is 11.9. The summed E-state index contributed by atoms with van der Waals surface area (Å²) in [4.78, 5) is 12.7. The Morgan fingerprint density at radius 3 is 2.16 bits per heavy atom. The summed E-state index contributed by atoms with van der Waals surface area (Å²) in [6.07, 6.45) is 0. The number of sulfonamides is 1. The summed E-state index contributed by atoms with van der Waals surface area (Å²) in [6.45, 7) is 0. The maximum absolute atomic E-state index is 12.4. The normalized spacial score (nSPS) is 11.1. The van der Waals surface area contributed by atoms with Crippen LogP contribution in [0.5, 0.6) is 0 Å². The third-order valence-corrected chi connectivity index (χ3v) is 6.06. The lowest BCUT2D eigenvalue weighted by Crippen LogP contribution is -2.13. The van der Waals surface area contributed by atoms with Crippen molar-refractivity contribution >= 4 is 54.6 Å². The number of rotatable bonds is 5. The van der Waals surface area contributed by atoms with Crippen LogP contribution in [0, 0.1) is 0 Å². The first kappa shape index (κ1) is 17.7. The largest absolute Gasteiger partial charge is 0.321 e. The van der Waals surface area contributed by atoms with E-state index in [-0.39, 0.29) is 10.8 Å². The number of amides is 1. The summed E-state index contributed by atoms with van der Waals surface area (Å²) in [5.74, 6) is -0.224. The quantitative estimate of drug-likeness (QED) is 0.615. The maximum atomic E-state index is 12.4. The van der Waals surface area contributed by atoms with E-state index >= 15 is 0 Å². The van der Waals surface area contributed by atoms with Gasteiger partial charge >= 0.3 is 0 Å². The number of carbonyl (C=O) groups is 1. The van der Waals surface area contributed by atoms with Crippen molar-refractivity contribution in [1.82, 2.24) is 0 Å². The van der Waals surface area contributed by atoms with Gasteiger partial charge in [0.2, 0.25) is 0 Å². The highest BCUT2D eigenvalue weighted by Crippen LogP contribution is 2.20. The molecule has 0 aliphatic rings. The minimum atomic E-state index is -3.69. The highest BCUT2D eigenvalue weighted by atomic mass is 79.9. The molecule has 0 saturated carbocycles. The van der Waals surface area contributed by atoms with Gasteiger partial charge in [-0.05, 0) is 60.0 Å². The highest BCUT2D eigenvalue weighted by Gasteiger charge is 2.14. The molecule has 0 saturated heterocycles. The van der Waals surface area contributed by atoms with Crippen molar-refractivity contribution < 1.29 is 13.2 Å². The molecule has 25 heavy (non-hydrogen) atoms. The van der Waals surface area contributed by atoms with Crippen LogP contribution >= 0.6 is 27.3 Å². The minimum absolute atomic E-state index is 0.115. The molecule has 0 spiro atoms. The van der Waals surface area contributed by atoms with Gasteiger partial charge in [0, 0.05) is 15.8 Å². The number of nitrogens with one attached hydrogen (secondary N) is 2. The number of benzene rings is 2. The molecule has 1 heterocycles. The minimum Gasteiger partial charge on any atom is -0.321 e. The summed E-state index contributed by atoms with van der Waals surface area (Å²) >= 11 is 4.64. The van der Waals surface area contributed by atoms with Crippen molar-refractivity contribution in [2.45, 2.75) is 4.90 Å². The van der Waals surface area contributed by atoms with E-state index in [4.69, 9.17) is 0 Å². The third-order valence-electron chi connectivity index (χ3n) is 3.26. The van der Waals surface area contributed by atoms with Crippen LogP contribution in [0.1, 0.15) is 9.67 Å². The first-order valence-electron chi connectivity index (χ1n) is 7.17. The lowest BCUT2D eigenvalue weighted by atomic mass is 10.3. The number of carbonyl (C=O) groups excluding carboxylic acids is 1. The molecule has 3 aromatic rings. The molecule has 2 N–H and O–H groups in total. The lowest BCUT2D eigenvalue weighted by Gasteiger charge is -2.09. The number of halogens is 1. The zero-order valence-corrected chi connectivity index (χ0v) is 16.0. The second-order valence-corrected chi connectivity index (χ2v) is 8.61. The highest BCUT2D eigenvalue weighted by molar-refractivity contribution is 9.10. The predicted molar refractivity (Wildman–Crippen MR) is 104 cm³/mol. The molecule has 128 valence electrons. The fourth-order valence-electron chi connectivity index (χ4n) is 2.05. The van der Waals surface area contributed by atoms with Crippen molar-refractivity contribution in [3.63, 3.8) is 0 Å². The Morgan fingerprint density at radius 1 is 0.920 bits per heavy atom. The Hall–Kier alpha value is -2.16. The van der Waals surface area contributed by atoms with E-state index in [0.717, 1.165) is 4.47 Å². The van der Waals surface area contributed by atoms with Gasteiger partial charge < -0.3 is 5.32 Å². The fourth-order valence-corrected chi connectivity index (χ4v) is 3.99. The molecule has 0 aliphatic carbocycles. The number of thiophene rings is 1. The number of anilines is 2. The Balaban J connectivity index is 1.72. The van der Waals surface area contributed by atoms with E-state index in [1.54, 1.807) is 48.5 Å². The van der Waals surface area contributed by atoms with Crippen molar-refractivity contribution in [3.05, 3.63) is 75.4 Å². The van der Waals surface area contributed by atoms with Crippen molar-refractivity contribution in [1.29, 1.82) is 0 Å². The van der Waals surface area contributed by atoms with Crippen LogP contribution < -0.4 is 10.0 Å². The molecule has 1 aromatic heterocycles. The van der Waals surface area contributed by atoms with Gasteiger partial charge in [0.25, 0.3) is 15.9 Å². The van der Waals surface area contributed by atoms with Gasteiger partial charge in [-0.25, -0.2) is 8.42 Å². The fraction of sp³-hybridized carbons (Fsp3) is 0. The van der Waals surface area contributed by atoms with Gasteiger partial charge in [-0.2, -0.15) is 0 Å². The zero-order chi connectivity index (χ0) is 17.9. The van der Waals surface area contributed by atoms with Crippen molar-refractivity contribution in [2.24, 2.45) is 0 Å². The van der Waals surface area contributed by atoms with Gasteiger partial charge in [-0.1, -0.05) is 22.0 Å². The number of hydrogen-bond acceptors (Lipinski definition) is 4. The van der Waals surface area contributed by atoms with Crippen LogP contribution in [0.3, 0.4) is 0 Å². The predicted octanol–water partition coefficient (Wildman–Crippen LogP) is 4.56. The summed E-state index contributed by atoms with van der Waals surface area (Å²) in [6, 6.07) is 16.4. The van der Waals surface area contributed by atoms with E-state index in [2.05, 4.69) is 26.0 Å².